The van der Waals surface area contributed by atoms with Crippen molar-refractivity contribution in [3.8, 4) is 5.75 Å². The van der Waals surface area contributed by atoms with Crippen molar-refractivity contribution >= 4 is 28.6 Å². The number of pyridine rings is 2. The first-order valence-electron chi connectivity index (χ1n) is 9.22. The minimum atomic E-state index is -0.787. The molecule has 9 nitrogen and oxygen atoms in total. The fourth-order valence-electron chi connectivity index (χ4n) is 2.96. The topological polar surface area (TPSA) is 125 Å². The van der Waals surface area contributed by atoms with Crippen molar-refractivity contribution in [1.82, 2.24) is 25.5 Å². The number of nitrogens with one attached hydrogen (secondary N) is 2. The van der Waals surface area contributed by atoms with Gasteiger partial charge in [-0.2, -0.15) is 0 Å². The number of hydrogen-bond acceptors (Lipinski definition) is 6. The molecular formula is C21H20FN5O4. The van der Waals surface area contributed by atoms with Crippen LogP contribution in [-0.2, 0) is 6.54 Å². The van der Waals surface area contributed by atoms with Gasteiger partial charge in [0.05, 0.1) is 0 Å². The molecule has 0 unspecified atom stereocenters. The molecule has 10 heteroatoms. The summed E-state index contributed by atoms with van der Waals surface area (Å²) in [6.07, 6.45) is 1.42. The highest BCUT2D eigenvalue weighted by Crippen LogP contribution is 2.28. The fraction of sp³-hybridized carbons (Fsp3) is 0.190. The first-order valence-corrected chi connectivity index (χ1v) is 9.22. The summed E-state index contributed by atoms with van der Waals surface area (Å²) in [5.41, 5.74) is 0.0466. The summed E-state index contributed by atoms with van der Waals surface area (Å²) in [4.78, 5) is 46.8. The number of halogens is 1. The highest BCUT2D eigenvalue weighted by molar-refractivity contribution is 6.09. The van der Waals surface area contributed by atoms with Gasteiger partial charge in [-0.1, -0.05) is 6.07 Å². The van der Waals surface area contributed by atoms with E-state index in [0.717, 1.165) is 12.1 Å². The van der Waals surface area contributed by atoms with E-state index in [1.165, 1.54) is 38.3 Å². The van der Waals surface area contributed by atoms with Gasteiger partial charge in [0.25, 0.3) is 17.7 Å². The van der Waals surface area contributed by atoms with Crippen molar-refractivity contribution < 1.29 is 23.9 Å². The van der Waals surface area contributed by atoms with Crippen LogP contribution in [0.1, 0.15) is 36.9 Å². The number of fused-ring (bicyclic) bond motifs is 1. The number of benzene rings is 1. The lowest BCUT2D eigenvalue weighted by Crippen LogP contribution is -2.28. The summed E-state index contributed by atoms with van der Waals surface area (Å²) in [6.45, 7) is -0.139. The molecule has 0 aliphatic rings. The van der Waals surface area contributed by atoms with Crippen molar-refractivity contribution in [3.05, 3.63) is 64.9 Å². The van der Waals surface area contributed by atoms with E-state index in [-0.39, 0.29) is 29.0 Å². The Balaban J connectivity index is 1.98. The van der Waals surface area contributed by atoms with E-state index in [1.54, 1.807) is 12.1 Å². The summed E-state index contributed by atoms with van der Waals surface area (Å²) in [7, 11) is 4.48. The molecule has 31 heavy (non-hydrogen) atoms. The Kier molecular flexibility index (Phi) is 6.10. The second-order valence-corrected chi connectivity index (χ2v) is 6.82. The molecule has 3 amide bonds. The van der Waals surface area contributed by atoms with Gasteiger partial charge in [-0.15, -0.1) is 0 Å². The monoisotopic (exact) mass is 425 g/mol. The average molecular weight is 425 g/mol. The minimum absolute atomic E-state index is 0.0381. The van der Waals surface area contributed by atoms with Crippen LogP contribution in [0.3, 0.4) is 0 Å². The number of carbonyl (C=O) groups is 3. The molecule has 160 valence electrons. The number of nitrogens with zero attached hydrogens (tertiary/aromatic N) is 3. The van der Waals surface area contributed by atoms with Crippen molar-refractivity contribution in [1.29, 1.82) is 0 Å². The molecule has 3 N–H and O–H groups in total. The van der Waals surface area contributed by atoms with E-state index in [9.17, 15) is 23.9 Å². The van der Waals surface area contributed by atoms with Gasteiger partial charge >= 0.3 is 0 Å². The van der Waals surface area contributed by atoms with Crippen LogP contribution in [0.15, 0.2) is 36.5 Å². The first-order chi connectivity index (χ1) is 14.7. The Bertz CT molecular complexity index is 1200. The molecule has 0 aliphatic carbocycles. The maximum Gasteiger partial charge on any atom is 0.274 e. The zero-order valence-electron chi connectivity index (χ0n) is 17.1. The molecule has 2 aromatic heterocycles. The van der Waals surface area contributed by atoms with Gasteiger partial charge in [0, 0.05) is 44.8 Å². The fourth-order valence-corrected chi connectivity index (χ4v) is 2.96. The van der Waals surface area contributed by atoms with Crippen molar-refractivity contribution in [3.63, 3.8) is 0 Å². The molecule has 0 aliphatic heterocycles. The molecule has 1 aromatic carbocycles. The molecule has 3 aromatic rings. The molecule has 0 atom stereocenters. The smallest absolute Gasteiger partial charge is 0.274 e. The third-order valence-electron chi connectivity index (χ3n) is 4.54. The summed E-state index contributed by atoms with van der Waals surface area (Å²) in [5, 5.41) is 15.8. The standard InChI is InChI=1S/C21H20FN5O4/c1-23-19(29)14-9-12(22)7-6-11(14)10-25-20(30)17-18(28)15-13(5-4-8-24-15)16(26-17)21(31)27(2)3/h4-9,28H,10H2,1-3H3,(H,23,29)(H,25,30). The van der Waals surface area contributed by atoms with Crippen molar-refractivity contribution in [2.45, 2.75) is 6.54 Å². The Hall–Kier alpha value is -4.08. The van der Waals surface area contributed by atoms with E-state index in [0.29, 0.717) is 10.9 Å². The largest absolute Gasteiger partial charge is 0.504 e. The molecule has 0 bridgehead atoms. The Labute approximate surface area is 176 Å². The van der Waals surface area contributed by atoms with Gasteiger partial charge in [-0.3, -0.25) is 19.4 Å². The van der Waals surface area contributed by atoms with Crippen LogP contribution < -0.4 is 10.6 Å². The van der Waals surface area contributed by atoms with Gasteiger partial charge in [-0.05, 0) is 29.8 Å². The van der Waals surface area contributed by atoms with Gasteiger partial charge in [0.15, 0.2) is 11.4 Å². The minimum Gasteiger partial charge on any atom is -0.504 e. The molecule has 0 saturated heterocycles. The Morgan fingerprint density at radius 2 is 1.87 bits per heavy atom. The van der Waals surface area contributed by atoms with Gasteiger partial charge < -0.3 is 20.6 Å². The van der Waals surface area contributed by atoms with E-state index in [2.05, 4.69) is 20.6 Å². The number of amides is 3. The quantitative estimate of drug-likeness (QED) is 0.569. The number of carbonyl (C=O) groups excluding carboxylic acids is 3. The molecular weight excluding hydrogens is 405 g/mol. The molecule has 3 rings (SSSR count). The SMILES string of the molecule is CNC(=O)c1cc(F)ccc1CNC(=O)c1nc(C(=O)N(C)C)c2cccnc2c1O. The van der Waals surface area contributed by atoms with E-state index in [4.69, 9.17) is 0 Å². The predicted octanol–water partition coefficient (Wildman–Crippen LogP) is 1.47. The maximum atomic E-state index is 13.5. The second kappa shape index (κ2) is 8.74. The van der Waals surface area contributed by atoms with Crippen LogP contribution in [0.5, 0.6) is 5.75 Å². The lowest BCUT2D eigenvalue weighted by Gasteiger charge is -2.15. The first kappa shape index (κ1) is 21.6. The van der Waals surface area contributed by atoms with E-state index >= 15 is 0 Å². The normalized spacial score (nSPS) is 10.6. The Morgan fingerprint density at radius 1 is 1.13 bits per heavy atom. The summed E-state index contributed by atoms with van der Waals surface area (Å²) in [5.74, 6) is -2.84. The lowest BCUT2D eigenvalue weighted by atomic mass is 10.1. The summed E-state index contributed by atoms with van der Waals surface area (Å²) < 4.78 is 13.5. The van der Waals surface area contributed by atoms with Crippen LogP contribution in [0.2, 0.25) is 0 Å². The zero-order chi connectivity index (χ0) is 22.7. The number of aromatic nitrogens is 2. The van der Waals surface area contributed by atoms with Gasteiger partial charge in [-0.25, -0.2) is 9.37 Å². The highest BCUT2D eigenvalue weighted by atomic mass is 19.1. The van der Waals surface area contributed by atoms with Crippen LogP contribution in [0, 0.1) is 5.82 Å². The third kappa shape index (κ3) is 4.27. The zero-order valence-corrected chi connectivity index (χ0v) is 17.1. The van der Waals surface area contributed by atoms with Crippen LogP contribution in [0.4, 0.5) is 4.39 Å². The Morgan fingerprint density at radius 3 is 2.55 bits per heavy atom. The third-order valence-corrected chi connectivity index (χ3v) is 4.54. The summed E-state index contributed by atoms with van der Waals surface area (Å²) in [6, 6.07) is 6.75. The predicted molar refractivity (Wildman–Crippen MR) is 110 cm³/mol. The molecule has 0 radical (unpaired) electrons. The molecule has 0 spiro atoms. The van der Waals surface area contributed by atoms with Gasteiger partial charge in [0.2, 0.25) is 0 Å². The second-order valence-electron chi connectivity index (χ2n) is 6.82. The maximum absolute atomic E-state index is 13.5. The average Bonchev–Trinajstić information content (AvgIpc) is 2.77. The molecule has 2 heterocycles. The van der Waals surface area contributed by atoms with Crippen LogP contribution in [0.25, 0.3) is 10.9 Å². The number of hydrogen-bond donors (Lipinski definition) is 3. The summed E-state index contributed by atoms with van der Waals surface area (Å²) >= 11 is 0. The lowest BCUT2D eigenvalue weighted by molar-refractivity contribution is 0.0823. The van der Waals surface area contributed by atoms with Crippen LogP contribution in [-0.4, -0.2) is 58.8 Å². The van der Waals surface area contributed by atoms with E-state index in [1.807, 2.05) is 0 Å². The molecule has 0 fully saturated rings. The van der Waals surface area contributed by atoms with Crippen molar-refractivity contribution in [2.75, 3.05) is 21.1 Å². The van der Waals surface area contributed by atoms with E-state index < -0.39 is 29.3 Å². The number of aromatic hydroxyl groups is 1. The highest BCUT2D eigenvalue weighted by Gasteiger charge is 2.24. The number of rotatable bonds is 5. The van der Waals surface area contributed by atoms with Crippen molar-refractivity contribution in [2.24, 2.45) is 0 Å². The van der Waals surface area contributed by atoms with Gasteiger partial charge in [0.1, 0.15) is 17.0 Å². The van der Waals surface area contributed by atoms with Crippen LogP contribution >= 0.6 is 0 Å². The molecule has 0 saturated carbocycles.